The molecule has 3 atom stereocenters. The zero-order valence-corrected chi connectivity index (χ0v) is 21.2. The number of rotatable bonds is 2. The van der Waals surface area contributed by atoms with E-state index in [1.165, 1.54) is 0 Å². The molecule has 4 aliphatic heterocycles. The minimum Gasteiger partial charge on any atom is -0.381 e. The van der Waals surface area contributed by atoms with Crippen LogP contribution < -0.4 is 15.5 Å². The Morgan fingerprint density at radius 1 is 1.18 bits per heavy atom. The van der Waals surface area contributed by atoms with E-state index < -0.39 is 47.1 Å². The Labute approximate surface area is 216 Å². The zero-order valence-electron chi connectivity index (χ0n) is 21.2. The lowest BCUT2D eigenvalue weighted by Crippen LogP contribution is -2.75. The number of ether oxygens (including phenoxy) is 2. The van der Waals surface area contributed by atoms with E-state index in [9.17, 15) is 19.2 Å². The molecule has 4 aliphatic rings. The second kappa shape index (κ2) is 8.73. The molecule has 0 bridgehead atoms. The first kappa shape index (κ1) is 24.7. The third-order valence-corrected chi connectivity index (χ3v) is 8.23. The number of carbonyl (C=O) groups is 4. The van der Waals surface area contributed by atoms with Crippen LogP contribution in [-0.4, -0.2) is 84.9 Å². The predicted molar refractivity (Wildman–Crippen MR) is 129 cm³/mol. The van der Waals surface area contributed by atoms with Crippen LogP contribution in [0.3, 0.4) is 0 Å². The number of likely N-dealkylation sites (tertiary alicyclic amines) is 1. The number of hydrogen-bond acceptors (Lipinski definition) is 9. The molecule has 0 aliphatic carbocycles. The summed E-state index contributed by atoms with van der Waals surface area (Å²) in [5, 5.41) is 8.51. The van der Waals surface area contributed by atoms with Crippen molar-refractivity contribution in [2.24, 2.45) is 5.41 Å². The maximum atomic E-state index is 16.2. The average Bonchev–Trinajstić information content (AvgIpc) is 3.30. The van der Waals surface area contributed by atoms with E-state index in [0.29, 0.717) is 31.5 Å². The number of halogens is 1. The number of morpholine rings is 1. The third kappa shape index (κ3) is 3.44. The van der Waals surface area contributed by atoms with Crippen LogP contribution in [0.4, 0.5) is 14.9 Å². The lowest BCUT2D eigenvalue weighted by molar-refractivity contribution is -0.153. The first-order valence-electron chi connectivity index (χ1n) is 12.7. The molecule has 0 unspecified atom stereocenters. The highest BCUT2D eigenvalue weighted by Crippen LogP contribution is 2.49. The van der Waals surface area contributed by atoms with Crippen LogP contribution in [0.15, 0.2) is 10.6 Å². The molecule has 2 aromatic rings. The zero-order chi connectivity index (χ0) is 26.9. The molecule has 5 amide bonds. The molecule has 5 heterocycles. The number of nitrogens with zero attached hydrogens (tertiary/aromatic N) is 3. The normalized spacial score (nSPS) is 27.3. The van der Waals surface area contributed by atoms with Crippen molar-refractivity contribution < 1.29 is 37.6 Å². The van der Waals surface area contributed by atoms with Crippen LogP contribution in [0.1, 0.15) is 42.7 Å². The number of methoxy groups -OCH3 is 1. The molecule has 202 valence electrons. The number of imide groups is 2. The summed E-state index contributed by atoms with van der Waals surface area (Å²) >= 11 is 0. The number of aromatic nitrogens is 1. The number of urea groups is 1. The van der Waals surface area contributed by atoms with Gasteiger partial charge in [-0.05, 0) is 38.3 Å². The molecule has 13 heteroatoms. The van der Waals surface area contributed by atoms with Gasteiger partial charge in [-0.1, -0.05) is 5.16 Å². The number of barbiturate groups is 1. The Kier molecular flexibility index (Phi) is 5.69. The van der Waals surface area contributed by atoms with Gasteiger partial charge >= 0.3 is 6.03 Å². The second-order valence-electron chi connectivity index (χ2n) is 10.5. The molecular weight excluding hydrogens is 501 g/mol. The number of fused-ring (bicyclic) bond motifs is 5. The number of piperidine rings is 1. The topological polar surface area (TPSA) is 143 Å². The molecule has 3 fully saturated rings. The summed E-state index contributed by atoms with van der Waals surface area (Å²) in [6.45, 7) is 4.64. The summed E-state index contributed by atoms with van der Waals surface area (Å²) in [6.07, 6.45) is 0.219. The van der Waals surface area contributed by atoms with Crippen LogP contribution >= 0.6 is 0 Å². The molecule has 1 aromatic heterocycles. The van der Waals surface area contributed by atoms with E-state index in [1.54, 1.807) is 29.9 Å². The third-order valence-electron chi connectivity index (χ3n) is 8.23. The van der Waals surface area contributed by atoms with Gasteiger partial charge in [-0.3, -0.25) is 25.0 Å². The summed E-state index contributed by atoms with van der Waals surface area (Å²) in [5.41, 5.74) is -1.46. The summed E-state index contributed by atoms with van der Waals surface area (Å²) in [4.78, 5) is 55.2. The van der Waals surface area contributed by atoms with Crippen LogP contribution in [0, 0.1) is 11.2 Å². The first-order chi connectivity index (χ1) is 18.1. The van der Waals surface area contributed by atoms with E-state index in [-0.39, 0.29) is 47.5 Å². The fraction of sp³-hybridized carbons (Fsp3) is 0.560. The molecule has 6 rings (SSSR count). The summed E-state index contributed by atoms with van der Waals surface area (Å²) in [6, 6.07) is -0.233. The number of hydrogen-bond donors (Lipinski definition) is 2. The van der Waals surface area contributed by atoms with Crippen molar-refractivity contribution in [3.05, 3.63) is 23.1 Å². The molecule has 1 aromatic carbocycles. The summed E-state index contributed by atoms with van der Waals surface area (Å²) < 4.78 is 32.9. The lowest BCUT2D eigenvalue weighted by Gasteiger charge is -2.55. The fourth-order valence-corrected chi connectivity index (χ4v) is 6.55. The highest BCUT2D eigenvalue weighted by molar-refractivity contribution is 6.20. The molecule has 0 saturated carbocycles. The number of anilines is 1. The Hall–Kier alpha value is -3.58. The quantitative estimate of drug-likeness (QED) is 0.547. The summed E-state index contributed by atoms with van der Waals surface area (Å²) in [5.74, 6) is -2.68. The van der Waals surface area contributed by atoms with Gasteiger partial charge < -0.3 is 23.8 Å². The van der Waals surface area contributed by atoms with Gasteiger partial charge in [0.25, 0.3) is 5.91 Å². The molecule has 38 heavy (non-hydrogen) atoms. The number of amides is 5. The summed E-state index contributed by atoms with van der Waals surface area (Å²) in [7, 11) is 1.63. The number of nitrogens with one attached hydrogen (secondary N) is 2. The maximum Gasteiger partial charge on any atom is 0.328 e. The largest absolute Gasteiger partial charge is 0.381 e. The van der Waals surface area contributed by atoms with Gasteiger partial charge in [0.2, 0.25) is 17.4 Å². The molecular formula is C25H28FN5O7. The van der Waals surface area contributed by atoms with Crippen molar-refractivity contribution in [1.82, 2.24) is 20.7 Å². The van der Waals surface area contributed by atoms with E-state index >= 15 is 4.39 Å². The van der Waals surface area contributed by atoms with Crippen molar-refractivity contribution in [3.8, 4) is 0 Å². The van der Waals surface area contributed by atoms with Gasteiger partial charge in [0.1, 0.15) is 0 Å². The Morgan fingerprint density at radius 2 is 1.87 bits per heavy atom. The van der Waals surface area contributed by atoms with Gasteiger partial charge in [0, 0.05) is 33.2 Å². The van der Waals surface area contributed by atoms with Crippen LogP contribution in [-0.2, 0) is 25.5 Å². The second-order valence-corrected chi connectivity index (χ2v) is 10.5. The Bertz CT molecular complexity index is 1350. The standard InChI is InChI=1S/C25H28FN5O7/c1-11-10-31-18-13(9-25(20(31)12(2)37-11)22(33)27-24(35)28-23(25)34)8-15-17(29-38-19(15)16(18)26)21(32)30-6-4-14(36-3)5-7-30/h8,11-12,14,20H,4-7,9-10H2,1-3H3,(H2,27,28,33,34,35)/t11-,12+,20-/m0/s1. The van der Waals surface area contributed by atoms with Crippen LogP contribution in [0.25, 0.3) is 11.0 Å². The smallest absolute Gasteiger partial charge is 0.328 e. The number of benzene rings is 1. The van der Waals surface area contributed by atoms with Gasteiger partial charge in [-0.2, -0.15) is 0 Å². The van der Waals surface area contributed by atoms with Crippen molar-refractivity contribution in [2.45, 2.75) is 57.5 Å². The highest BCUT2D eigenvalue weighted by atomic mass is 19.1. The molecule has 3 saturated heterocycles. The van der Waals surface area contributed by atoms with Crippen molar-refractivity contribution >= 4 is 40.4 Å². The van der Waals surface area contributed by atoms with Gasteiger partial charge in [0.05, 0.1) is 35.4 Å². The predicted octanol–water partition coefficient (Wildman–Crippen LogP) is 1.11. The minimum atomic E-state index is -1.76. The minimum absolute atomic E-state index is 0.0369. The average molecular weight is 530 g/mol. The molecule has 12 nitrogen and oxygen atoms in total. The molecule has 1 spiro atoms. The first-order valence-corrected chi connectivity index (χ1v) is 12.7. The molecule has 0 radical (unpaired) electrons. The van der Waals surface area contributed by atoms with Crippen molar-refractivity contribution in [3.63, 3.8) is 0 Å². The van der Waals surface area contributed by atoms with E-state index in [2.05, 4.69) is 15.8 Å². The number of carbonyl (C=O) groups excluding carboxylic acids is 4. The Balaban J connectivity index is 1.47. The van der Waals surface area contributed by atoms with E-state index in [4.69, 9.17) is 14.0 Å². The monoisotopic (exact) mass is 529 g/mol. The lowest BCUT2D eigenvalue weighted by atomic mass is 9.66. The fourth-order valence-electron chi connectivity index (χ4n) is 6.55. The van der Waals surface area contributed by atoms with E-state index in [1.807, 2.05) is 6.92 Å². The van der Waals surface area contributed by atoms with Crippen LogP contribution in [0.5, 0.6) is 0 Å². The highest BCUT2D eigenvalue weighted by Gasteiger charge is 2.63. The van der Waals surface area contributed by atoms with Crippen LogP contribution in [0.2, 0.25) is 0 Å². The Morgan fingerprint density at radius 3 is 2.53 bits per heavy atom. The maximum absolute atomic E-state index is 16.2. The van der Waals surface area contributed by atoms with Crippen molar-refractivity contribution in [1.29, 1.82) is 0 Å². The SMILES string of the molecule is COC1CCN(C(=O)c2noc3c(F)c4c(cc23)CC2(C(=O)NC(=O)NC2=O)[C@@H]2[C@@H](C)O[C@@H](C)CN42)CC1. The molecule has 2 N–H and O–H groups in total. The van der Waals surface area contributed by atoms with Gasteiger partial charge in [-0.15, -0.1) is 0 Å². The van der Waals surface area contributed by atoms with Gasteiger partial charge in [-0.25, -0.2) is 9.18 Å². The van der Waals surface area contributed by atoms with Crippen molar-refractivity contribution in [2.75, 3.05) is 31.6 Å². The van der Waals surface area contributed by atoms with Gasteiger partial charge in [0.15, 0.2) is 16.9 Å². The van der Waals surface area contributed by atoms with E-state index in [0.717, 1.165) is 0 Å².